The van der Waals surface area contributed by atoms with Crippen LogP contribution in [0, 0.1) is 6.92 Å². The summed E-state index contributed by atoms with van der Waals surface area (Å²) in [5.74, 6) is 0.438. The van der Waals surface area contributed by atoms with Gasteiger partial charge in [0, 0.05) is 18.0 Å². The van der Waals surface area contributed by atoms with Crippen molar-refractivity contribution < 1.29 is 29.9 Å². The molecule has 32 heavy (non-hydrogen) atoms. The van der Waals surface area contributed by atoms with Crippen LogP contribution in [0.1, 0.15) is 5.56 Å². The van der Waals surface area contributed by atoms with Gasteiger partial charge in [-0.1, -0.05) is 17.7 Å². The quantitative estimate of drug-likeness (QED) is 0.427. The average molecular weight is 459 g/mol. The van der Waals surface area contributed by atoms with E-state index in [1.165, 1.54) is 0 Å². The van der Waals surface area contributed by atoms with Crippen molar-refractivity contribution in [1.82, 2.24) is 9.97 Å². The molecule has 5 unspecified atom stereocenters. The number of benzene rings is 1. The van der Waals surface area contributed by atoms with Crippen LogP contribution in [0.5, 0.6) is 5.75 Å². The first-order valence-corrected chi connectivity index (χ1v) is 10.4. The van der Waals surface area contributed by atoms with E-state index in [1.807, 2.05) is 37.3 Å². The minimum Gasteiger partial charge on any atom is -0.462 e. The summed E-state index contributed by atoms with van der Waals surface area (Å²) in [6.45, 7) is 1.32. The van der Waals surface area contributed by atoms with Gasteiger partial charge in [-0.25, -0.2) is 4.98 Å². The Labute approximate surface area is 189 Å². The monoisotopic (exact) mass is 458 g/mol. The fraction of sp³-hybridized carbons (Fsp3) is 0.304. The van der Waals surface area contributed by atoms with Crippen molar-refractivity contribution in [3.05, 3.63) is 65.6 Å². The molecule has 1 saturated heterocycles. The highest BCUT2D eigenvalue weighted by molar-refractivity contribution is 6.29. The van der Waals surface area contributed by atoms with E-state index >= 15 is 0 Å². The Morgan fingerprint density at radius 3 is 2.34 bits per heavy atom. The molecule has 1 aliphatic heterocycles. The number of ether oxygens (including phenoxy) is 2. The molecule has 0 saturated carbocycles. The Hall–Kier alpha value is -2.59. The second kappa shape index (κ2) is 9.50. The first-order chi connectivity index (χ1) is 15.4. The van der Waals surface area contributed by atoms with Gasteiger partial charge in [-0.15, -0.1) is 0 Å². The highest BCUT2D eigenvalue weighted by Crippen LogP contribution is 2.31. The van der Waals surface area contributed by atoms with Gasteiger partial charge in [0.1, 0.15) is 35.3 Å². The Morgan fingerprint density at radius 2 is 1.62 bits per heavy atom. The number of aryl methyl sites for hydroxylation is 1. The maximum atomic E-state index is 10.2. The molecule has 5 atom stereocenters. The number of pyridine rings is 2. The van der Waals surface area contributed by atoms with E-state index in [4.69, 9.17) is 21.1 Å². The van der Waals surface area contributed by atoms with Crippen LogP contribution in [0.2, 0.25) is 5.15 Å². The summed E-state index contributed by atoms with van der Waals surface area (Å²) in [5.41, 5.74) is 4.24. The van der Waals surface area contributed by atoms with Crippen molar-refractivity contribution in [2.24, 2.45) is 0 Å². The maximum absolute atomic E-state index is 10.2. The zero-order valence-corrected chi connectivity index (χ0v) is 17.9. The van der Waals surface area contributed by atoms with Crippen molar-refractivity contribution in [3.8, 4) is 28.1 Å². The van der Waals surface area contributed by atoms with Crippen LogP contribution in [0.25, 0.3) is 22.4 Å². The molecular formula is C23H23ClN2O6. The van der Waals surface area contributed by atoms with Gasteiger partial charge in [0.05, 0.1) is 12.3 Å². The number of hydrogen-bond donors (Lipinski definition) is 4. The standard InChI is InChI=1S/C23H23ClN2O6/c1-12-8-13(14-4-6-25-16(9-14)15-5-7-26-19(24)10-15)2-3-17(12)31-23-22(30)21(29)20(28)18(11-27)32-23/h2-10,18,20-23,27-30H,11H2,1H3. The van der Waals surface area contributed by atoms with Gasteiger partial charge in [-0.2, -0.15) is 0 Å². The predicted molar refractivity (Wildman–Crippen MR) is 117 cm³/mol. The fourth-order valence-corrected chi connectivity index (χ4v) is 3.75. The molecule has 0 amide bonds. The van der Waals surface area contributed by atoms with E-state index < -0.39 is 37.3 Å². The van der Waals surface area contributed by atoms with E-state index in [2.05, 4.69) is 9.97 Å². The van der Waals surface area contributed by atoms with Gasteiger partial charge >= 0.3 is 0 Å². The minimum absolute atomic E-state index is 0.389. The number of rotatable bonds is 5. The average Bonchev–Trinajstić information content (AvgIpc) is 2.80. The van der Waals surface area contributed by atoms with Crippen molar-refractivity contribution in [1.29, 1.82) is 0 Å². The number of aliphatic hydroxyl groups is 4. The zero-order chi connectivity index (χ0) is 22.8. The van der Waals surface area contributed by atoms with Crippen molar-refractivity contribution in [2.75, 3.05) is 6.61 Å². The number of hydrogen-bond acceptors (Lipinski definition) is 8. The van der Waals surface area contributed by atoms with Crippen LogP contribution in [0.4, 0.5) is 0 Å². The molecule has 0 radical (unpaired) electrons. The third-order valence-electron chi connectivity index (χ3n) is 5.38. The molecule has 1 aromatic carbocycles. The number of aromatic nitrogens is 2. The normalized spacial score (nSPS) is 25.5. The summed E-state index contributed by atoms with van der Waals surface area (Å²) in [6, 6.07) is 12.9. The first-order valence-electron chi connectivity index (χ1n) is 10.0. The summed E-state index contributed by atoms with van der Waals surface area (Å²) in [4.78, 5) is 8.40. The van der Waals surface area contributed by atoms with Crippen LogP contribution < -0.4 is 4.74 Å². The lowest BCUT2D eigenvalue weighted by Crippen LogP contribution is -2.60. The summed E-state index contributed by atoms with van der Waals surface area (Å²) in [7, 11) is 0. The van der Waals surface area contributed by atoms with Gasteiger partial charge < -0.3 is 29.9 Å². The molecule has 168 valence electrons. The number of aliphatic hydroxyl groups excluding tert-OH is 4. The highest BCUT2D eigenvalue weighted by Gasteiger charge is 2.44. The van der Waals surface area contributed by atoms with Crippen LogP contribution in [-0.4, -0.2) is 67.7 Å². The smallest absolute Gasteiger partial charge is 0.229 e. The molecule has 0 spiro atoms. The molecule has 0 bridgehead atoms. The van der Waals surface area contributed by atoms with E-state index in [1.54, 1.807) is 24.5 Å². The van der Waals surface area contributed by atoms with Crippen LogP contribution in [-0.2, 0) is 4.74 Å². The summed E-state index contributed by atoms with van der Waals surface area (Å²) >= 11 is 5.99. The Bertz CT molecular complexity index is 1100. The van der Waals surface area contributed by atoms with E-state index in [0.717, 1.165) is 27.9 Å². The van der Waals surface area contributed by atoms with E-state index in [0.29, 0.717) is 10.9 Å². The predicted octanol–water partition coefficient (Wildman–Crippen LogP) is 1.95. The van der Waals surface area contributed by atoms with Gasteiger partial charge in [0.15, 0.2) is 0 Å². The number of nitrogens with zero attached hydrogens (tertiary/aromatic N) is 2. The SMILES string of the molecule is Cc1cc(-c2ccnc(-c3ccnc(Cl)c3)c2)ccc1OC1OC(CO)C(O)C(O)C1O. The molecule has 1 fully saturated rings. The van der Waals surface area contributed by atoms with Gasteiger partial charge in [-0.05, 0) is 60.0 Å². The van der Waals surface area contributed by atoms with Gasteiger partial charge in [0.2, 0.25) is 6.29 Å². The second-order valence-corrected chi connectivity index (χ2v) is 7.98. The maximum Gasteiger partial charge on any atom is 0.229 e. The molecule has 4 N–H and O–H groups in total. The van der Waals surface area contributed by atoms with Gasteiger partial charge in [-0.3, -0.25) is 4.98 Å². The Kier molecular flexibility index (Phi) is 6.71. The Balaban J connectivity index is 1.56. The number of halogens is 1. The molecule has 1 aliphatic rings. The lowest BCUT2D eigenvalue weighted by molar-refractivity contribution is -0.277. The summed E-state index contributed by atoms with van der Waals surface area (Å²) in [6.07, 6.45) is -3.33. The molecule has 9 heteroatoms. The molecule has 2 aromatic heterocycles. The summed E-state index contributed by atoms with van der Waals surface area (Å²) < 4.78 is 11.2. The van der Waals surface area contributed by atoms with Crippen molar-refractivity contribution >= 4 is 11.6 Å². The van der Waals surface area contributed by atoms with Gasteiger partial charge in [0.25, 0.3) is 0 Å². The zero-order valence-electron chi connectivity index (χ0n) is 17.2. The lowest BCUT2D eigenvalue weighted by Gasteiger charge is -2.39. The molecular weight excluding hydrogens is 436 g/mol. The van der Waals surface area contributed by atoms with Crippen LogP contribution in [0.15, 0.2) is 54.9 Å². The molecule has 0 aliphatic carbocycles. The largest absolute Gasteiger partial charge is 0.462 e. The first kappa shape index (κ1) is 22.6. The molecule has 8 nitrogen and oxygen atoms in total. The molecule has 3 heterocycles. The second-order valence-electron chi connectivity index (χ2n) is 7.59. The van der Waals surface area contributed by atoms with E-state index in [-0.39, 0.29) is 0 Å². The van der Waals surface area contributed by atoms with Crippen molar-refractivity contribution in [2.45, 2.75) is 37.6 Å². The third-order valence-corrected chi connectivity index (χ3v) is 5.59. The summed E-state index contributed by atoms with van der Waals surface area (Å²) in [5, 5.41) is 39.8. The lowest BCUT2D eigenvalue weighted by atomic mass is 9.99. The minimum atomic E-state index is -1.50. The molecule has 3 aromatic rings. The highest BCUT2D eigenvalue weighted by atomic mass is 35.5. The van der Waals surface area contributed by atoms with E-state index in [9.17, 15) is 20.4 Å². The fourth-order valence-electron chi connectivity index (χ4n) is 3.58. The van der Waals surface area contributed by atoms with Crippen molar-refractivity contribution in [3.63, 3.8) is 0 Å². The van der Waals surface area contributed by atoms with Crippen LogP contribution in [0.3, 0.4) is 0 Å². The van der Waals surface area contributed by atoms with Crippen LogP contribution >= 0.6 is 11.6 Å². The Morgan fingerprint density at radius 1 is 0.906 bits per heavy atom. The third kappa shape index (κ3) is 4.61. The molecule has 4 rings (SSSR count). The topological polar surface area (TPSA) is 125 Å².